The summed E-state index contributed by atoms with van der Waals surface area (Å²) in [5.41, 5.74) is 0.0578. The van der Waals surface area contributed by atoms with E-state index >= 15 is 0 Å². The summed E-state index contributed by atoms with van der Waals surface area (Å²) in [6, 6.07) is 0. The molecule has 0 radical (unpaired) electrons. The Balaban J connectivity index is 1.97. The minimum absolute atomic E-state index is 0.0816. The number of aromatic nitrogens is 5. The molecule has 3 heterocycles. The minimum atomic E-state index is -4.48. The van der Waals surface area contributed by atoms with Gasteiger partial charge in [0.1, 0.15) is 24.1 Å². The van der Waals surface area contributed by atoms with E-state index in [-0.39, 0.29) is 23.4 Å². The molecular formula is C12H9F3N6. The molecule has 108 valence electrons. The summed E-state index contributed by atoms with van der Waals surface area (Å²) < 4.78 is 38.9. The van der Waals surface area contributed by atoms with Crippen molar-refractivity contribution in [2.75, 3.05) is 5.32 Å². The quantitative estimate of drug-likeness (QED) is 0.775. The maximum atomic E-state index is 13.0. The van der Waals surface area contributed by atoms with Crippen molar-refractivity contribution in [1.29, 1.82) is 0 Å². The van der Waals surface area contributed by atoms with Crippen LogP contribution in [0, 0.1) is 0 Å². The average molecular weight is 294 g/mol. The summed E-state index contributed by atoms with van der Waals surface area (Å²) in [7, 11) is 0. The van der Waals surface area contributed by atoms with E-state index in [9.17, 15) is 13.2 Å². The van der Waals surface area contributed by atoms with E-state index in [1.54, 1.807) is 12.4 Å². The number of alkyl halides is 3. The number of nitrogens with one attached hydrogen (secondary N) is 2. The lowest BCUT2D eigenvalue weighted by Crippen LogP contribution is -2.07. The summed E-state index contributed by atoms with van der Waals surface area (Å²) in [4.78, 5) is 17.9. The van der Waals surface area contributed by atoms with Gasteiger partial charge < -0.3 is 10.3 Å². The first-order valence-corrected chi connectivity index (χ1v) is 5.93. The number of rotatable bonds is 3. The second-order valence-electron chi connectivity index (χ2n) is 4.25. The number of hydrogen-bond donors (Lipinski definition) is 2. The summed E-state index contributed by atoms with van der Waals surface area (Å²) in [5.74, 6) is 0.109. The predicted octanol–water partition coefficient (Wildman–Crippen LogP) is 2.38. The topological polar surface area (TPSA) is 79.4 Å². The van der Waals surface area contributed by atoms with Gasteiger partial charge in [0.25, 0.3) is 0 Å². The highest BCUT2D eigenvalue weighted by molar-refractivity contribution is 5.90. The molecule has 0 bridgehead atoms. The van der Waals surface area contributed by atoms with E-state index in [0.717, 1.165) is 11.8 Å². The standard InChI is InChI=1S/C12H9F3N6/c13-12(14,15)8-4-19-11-9(8)10(20-6-21-11)18-3-7-1-16-5-17-2-7/h1-2,4-6H,3H2,(H2,18,19,20,21). The van der Waals surface area contributed by atoms with Crippen molar-refractivity contribution in [2.24, 2.45) is 0 Å². The molecule has 0 saturated carbocycles. The van der Waals surface area contributed by atoms with Crippen molar-refractivity contribution < 1.29 is 13.2 Å². The van der Waals surface area contributed by atoms with Gasteiger partial charge in [0.15, 0.2) is 0 Å². The zero-order chi connectivity index (χ0) is 14.9. The maximum absolute atomic E-state index is 13.0. The third-order valence-corrected chi connectivity index (χ3v) is 2.85. The molecule has 0 saturated heterocycles. The Kier molecular flexibility index (Phi) is 3.16. The van der Waals surface area contributed by atoms with E-state index in [1.807, 2.05) is 0 Å². The molecule has 3 aromatic heterocycles. The molecule has 0 atom stereocenters. The van der Waals surface area contributed by atoms with Crippen LogP contribution in [0.4, 0.5) is 19.0 Å². The molecule has 0 spiro atoms. The highest BCUT2D eigenvalue weighted by Gasteiger charge is 2.35. The lowest BCUT2D eigenvalue weighted by molar-refractivity contribution is -0.136. The number of aromatic amines is 1. The van der Waals surface area contributed by atoms with Crippen LogP contribution in [0.2, 0.25) is 0 Å². The Hall–Kier alpha value is -2.71. The van der Waals surface area contributed by atoms with Crippen molar-refractivity contribution in [1.82, 2.24) is 24.9 Å². The normalized spacial score (nSPS) is 11.8. The largest absolute Gasteiger partial charge is 0.418 e. The number of H-pyrrole nitrogens is 1. The molecular weight excluding hydrogens is 285 g/mol. The van der Waals surface area contributed by atoms with Gasteiger partial charge in [0, 0.05) is 30.7 Å². The monoisotopic (exact) mass is 294 g/mol. The number of fused-ring (bicyclic) bond motifs is 1. The van der Waals surface area contributed by atoms with Gasteiger partial charge in [-0.15, -0.1) is 0 Å². The molecule has 21 heavy (non-hydrogen) atoms. The maximum Gasteiger partial charge on any atom is 0.418 e. The van der Waals surface area contributed by atoms with Crippen molar-refractivity contribution >= 4 is 16.9 Å². The molecule has 2 N–H and O–H groups in total. The van der Waals surface area contributed by atoms with Gasteiger partial charge in [-0.05, 0) is 0 Å². The van der Waals surface area contributed by atoms with Gasteiger partial charge in [-0.2, -0.15) is 13.2 Å². The average Bonchev–Trinajstić information content (AvgIpc) is 2.91. The second kappa shape index (κ2) is 5.00. The molecule has 0 amide bonds. The highest BCUT2D eigenvalue weighted by Crippen LogP contribution is 2.36. The van der Waals surface area contributed by atoms with Crippen molar-refractivity contribution in [2.45, 2.75) is 12.7 Å². The fourth-order valence-corrected chi connectivity index (χ4v) is 1.93. The van der Waals surface area contributed by atoms with Crippen LogP contribution in [0.3, 0.4) is 0 Å². The minimum Gasteiger partial charge on any atom is -0.365 e. The Morgan fingerprint density at radius 3 is 2.57 bits per heavy atom. The summed E-state index contributed by atoms with van der Waals surface area (Å²) >= 11 is 0. The van der Waals surface area contributed by atoms with Gasteiger partial charge >= 0.3 is 6.18 Å². The Bertz CT molecular complexity index is 753. The predicted molar refractivity (Wildman–Crippen MR) is 68.2 cm³/mol. The summed E-state index contributed by atoms with van der Waals surface area (Å²) in [6.07, 6.45) is 2.12. The molecule has 9 heteroatoms. The van der Waals surface area contributed by atoms with Crippen molar-refractivity contribution in [3.05, 3.63) is 42.4 Å². The van der Waals surface area contributed by atoms with Gasteiger partial charge in [-0.3, -0.25) is 0 Å². The molecule has 0 aliphatic heterocycles. The van der Waals surface area contributed by atoms with Crippen molar-refractivity contribution in [3.8, 4) is 0 Å². The lowest BCUT2D eigenvalue weighted by Gasteiger charge is -2.09. The first-order chi connectivity index (χ1) is 10.1. The van der Waals surface area contributed by atoms with Crippen LogP contribution in [0.5, 0.6) is 0 Å². The molecule has 0 fully saturated rings. The van der Waals surface area contributed by atoms with Crippen LogP contribution in [-0.4, -0.2) is 24.9 Å². The fourth-order valence-electron chi connectivity index (χ4n) is 1.93. The molecule has 0 aliphatic rings. The first-order valence-electron chi connectivity index (χ1n) is 5.93. The van der Waals surface area contributed by atoms with Crippen LogP contribution in [0.15, 0.2) is 31.2 Å². The molecule has 3 aromatic rings. The fraction of sp³-hybridized carbons (Fsp3) is 0.167. The number of halogens is 3. The molecule has 0 unspecified atom stereocenters. The zero-order valence-corrected chi connectivity index (χ0v) is 10.5. The van der Waals surface area contributed by atoms with Crippen molar-refractivity contribution in [3.63, 3.8) is 0 Å². The third kappa shape index (κ3) is 2.62. The SMILES string of the molecule is FC(F)(F)c1c[nH]c2ncnc(NCc3cncnc3)c12. The summed E-state index contributed by atoms with van der Waals surface area (Å²) in [6.45, 7) is 0.259. The van der Waals surface area contributed by atoms with Crippen LogP contribution < -0.4 is 5.32 Å². The molecule has 3 rings (SSSR count). The van der Waals surface area contributed by atoms with Crippen LogP contribution in [0.1, 0.15) is 11.1 Å². The second-order valence-corrected chi connectivity index (χ2v) is 4.25. The van der Waals surface area contributed by atoms with Gasteiger partial charge in [-0.1, -0.05) is 0 Å². The number of hydrogen-bond acceptors (Lipinski definition) is 5. The van der Waals surface area contributed by atoms with Gasteiger partial charge in [0.2, 0.25) is 0 Å². The van der Waals surface area contributed by atoms with Gasteiger partial charge in [0.05, 0.1) is 10.9 Å². The van der Waals surface area contributed by atoms with E-state index in [0.29, 0.717) is 0 Å². The van der Waals surface area contributed by atoms with Crippen LogP contribution >= 0.6 is 0 Å². The third-order valence-electron chi connectivity index (χ3n) is 2.85. The Morgan fingerprint density at radius 1 is 1.10 bits per heavy atom. The highest BCUT2D eigenvalue weighted by atomic mass is 19.4. The smallest absolute Gasteiger partial charge is 0.365 e. The van der Waals surface area contributed by atoms with Gasteiger partial charge in [-0.25, -0.2) is 19.9 Å². The van der Waals surface area contributed by atoms with E-state index < -0.39 is 11.7 Å². The lowest BCUT2D eigenvalue weighted by atomic mass is 10.2. The van der Waals surface area contributed by atoms with E-state index in [4.69, 9.17) is 0 Å². The Labute approximate surface area is 116 Å². The zero-order valence-electron chi connectivity index (χ0n) is 10.5. The number of nitrogens with zero attached hydrogens (tertiary/aromatic N) is 4. The Morgan fingerprint density at radius 2 is 1.86 bits per heavy atom. The summed E-state index contributed by atoms with van der Waals surface area (Å²) in [5, 5.41) is 2.77. The molecule has 0 aliphatic carbocycles. The van der Waals surface area contributed by atoms with E-state index in [1.165, 1.54) is 12.7 Å². The number of anilines is 1. The molecule has 0 aromatic carbocycles. The first kappa shape index (κ1) is 13.3. The molecule has 6 nitrogen and oxygen atoms in total. The van der Waals surface area contributed by atoms with Crippen LogP contribution in [0.25, 0.3) is 11.0 Å². The van der Waals surface area contributed by atoms with Crippen LogP contribution in [-0.2, 0) is 12.7 Å². The van der Waals surface area contributed by atoms with E-state index in [2.05, 4.69) is 30.2 Å².